The molecule has 1 aliphatic heterocycles. The SMILES string of the molecule is CCOC(=O)/C(NC(=O)OC(C)(C)C)=C1/CC[C@H](CO[Si](c2ccccc2)(c2ccccc2)C(C)(C)C)N1. The van der Waals surface area contributed by atoms with Gasteiger partial charge in [0.1, 0.15) is 11.3 Å². The maximum Gasteiger partial charge on any atom is 0.412 e. The van der Waals surface area contributed by atoms with Gasteiger partial charge in [-0.3, -0.25) is 5.32 Å². The van der Waals surface area contributed by atoms with Gasteiger partial charge in [0.15, 0.2) is 0 Å². The van der Waals surface area contributed by atoms with Crippen molar-refractivity contribution in [2.45, 2.75) is 78.0 Å². The summed E-state index contributed by atoms with van der Waals surface area (Å²) in [5.41, 5.74) is 0.0310. The molecule has 1 aliphatic rings. The van der Waals surface area contributed by atoms with Crippen LogP contribution < -0.4 is 21.0 Å². The van der Waals surface area contributed by atoms with E-state index in [1.54, 1.807) is 27.7 Å². The first kappa shape index (κ1) is 29.5. The van der Waals surface area contributed by atoms with Gasteiger partial charge in [0.05, 0.1) is 13.2 Å². The number of hydrogen-bond donors (Lipinski definition) is 2. The van der Waals surface area contributed by atoms with Gasteiger partial charge in [-0.2, -0.15) is 0 Å². The zero-order chi connectivity index (χ0) is 28.0. The first-order valence-electron chi connectivity index (χ1n) is 13.3. The number of esters is 1. The molecule has 7 nitrogen and oxygen atoms in total. The zero-order valence-electron chi connectivity index (χ0n) is 23.7. The number of nitrogens with one attached hydrogen (secondary N) is 2. The Morgan fingerprint density at radius 3 is 1.97 bits per heavy atom. The highest BCUT2D eigenvalue weighted by Crippen LogP contribution is 2.37. The van der Waals surface area contributed by atoms with Gasteiger partial charge in [-0.15, -0.1) is 0 Å². The van der Waals surface area contributed by atoms with Crippen LogP contribution in [-0.4, -0.2) is 45.2 Å². The van der Waals surface area contributed by atoms with Crippen LogP contribution in [0.5, 0.6) is 0 Å². The average Bonchev–Trinajstić information content (AvgIpc) is 3.31. The maximum absolute atomic E-state index is 12.7. The highest BCUT2D eigenvalue weighted by molar-refractivity contribution is 6.99. The normalized spacial score (nSPS) is 17.4. The molecule has 0 bridgehead atoms. The lowest BCUT2D eigenvalue weighted by Gasteiger charge is -2.43. The molecule has 0 saturated carbocycles. The van der Waals surface area contributed by atoms with Crippen molar-refractivity contribution in [2.75, 3.05) is 13.2 Å². The predicted octanol–water partition coefficient (Wildman–Crippen LogP) is 4.61. The van der Waals surface area contributed by atoms with Gasteiger partial charge in [-0.1, -0.05) is 81.4 Å². The third kappa shape index (κ3) is 7.05. The van der Waals surface area contributed by atoms with Crippen LogP contribution in [0.1, 0.15) is 61.3 Å². The molecule has 2 aromatic rings. The summed E-state index contributed by atoms with van der Waals surface area (Å²) in [7, 11) is -2.69. The Hall–Kier alpha value is -3.10. The molecule has 0 unspecified atom stereocenters. The minimum atomic E-state index is -2.69. The van der Waals surface area contributed by atoms with Crippen molar-refractivity contribution in [3.8, 4) is 0 Å². The maximum atomic E-state index is 12.7. The van der Waals surface area contributed by atoms with E-state index < -0.39 is 26.0 Å². The van der Waals surface area contributed by atoms with E-state index in [4.69, 9.17) is 13.9 Å². The fraction of sp³-hybridized carbons (Fsp3) is 0.467. The first-order chi connectivity index (χ1) is 17.9. The van der Waals surface area contributed by atoms with E-state index >= 15 is 0 Å². The second kappa shape index (κ2) is 12.2. The van der Waals surface area contributed by atoms with Gasteiger partial charge in [0.2, 0.25) is 0 Å². The van der Waals surface area contributed by atoms with Crippen LogP contribution in [0.3, 0.4) is 0 Å². The fourth-order valence-corrected chi connectivity index (χ4v) is 9.48. The Morgan fingerprint density at radius 1 is 0.947 bits per heavy atom. The molecule has 1 fully saturated rings. The van der Waals surface area contributed by atoms with E-state index in [0.717, 1.165) is 6.42 Å². The largest absolute Gasteiger partial charge is 0.461 e. The van der Waals surface area contributed by atoms with Gasteiger partial charge in [0.25, 0.3) is 8.32 Å². The molecule has 1 saturated heterocycles. The topological polar surface area (TPSA) is 85.9 Å². The number of alkyl carbamates (subject to hydrolysis) is 1. The van der Waals surface area contributed by atoms with Gasteiger partial charge < -0.3 is 19.2 Å². The molecule has 0 aliphatic carbocycles. The van der Waals surface area contributed by atoms with E-state index in [1.165, 1.54) is 10.4 Å². The van der Waals surface area contributed by atoms with Crippen LogP contribution in [0, 0.1) is 0 Å². The quantitative estimate of drug-likeness (QED) is 0.290. The molecule has 2 N–H and O–H groups in total. The molecule has 206 valence electrons. The van der Waals surface area contributed by atoms with E-state index in [9.17, 15) is 9.59 Å². The second-order valence-electron chi connectivity index (χ2n) is 11.6. The lowest BCUT2D eigenvalue weighted by atomic mass is 10.2. The van der Waals surface area contributed by atoms with Crippen LogP contribution in [0.2, 0.25) is 5.04 Å². The summed E-state index contributed by atoms with van der Waals surface area (Å²) >= 11 is 0. The summed E-state index contributed by atoms with van der Waals surface area (Å²) in [6.07, 6.45) is 0.646. The summed E-state index contributed by atoms with van der Waals surface area (Å²) in [6, 6.07) is 21.0. The van der Waals surface area contributed by atoms with Gasteiger partial charge in [-0.05, 0) is 55.9 Å². The zero-order valence-corrected chi connectivity index (χ0v) is 24.7. The predicted molar refractivity (Wildman–Crippen MR) is 153 cm³/mol. The molecule has 3 rings (SSSR count). The van der Waals surface area contributed by atoms with Crippen molar-refractivity contribution >= 4 is 30.8 Å². The van der Waals surface area contributed by atoms with Crippen molar-refractivity contribution in [3.63, 3.8) is 0 Å². The van der Waals surface area contributed by atoms with Crippen molar-refractivity contribution < 1.29 is 23.5 Å². The summed E-state index contributed by atoms with van der Waals surface area (Å²) in [4.78, 5) is 25.2. The Labute approximate surface area is 228 Å². The summed E-state index contributed by atoms with van der Waals surface area (Å²) < 4.78 is 17.7. The summed E-state index contributed by atoms with van der Waals surface area (Å²) in [5, 5.41) is 8.34. The molecule has 1 heterocycles. The van der Waals surface area contributed by atoms with Crippen molar-refractivity contribution in [1.82, 2.24) is 10.6 Å². The molecule has 2 aromatic carbocycles. The minimum Gasteiger partial charge on any atom is -0.461 e. The molecular formula is C30H42N2O5Si. The first-order valence-corrected chi connectivity index (χ1v) is 15.2. The van der Waals surface area contributed by atoms with E-state index in [1.807, 2.05) is 12.1 Å². The van der Waals surface area contributed by atoms with Gasteiger partial charge >= 0.3 is 12.1 Å². The number of rotatable bonds is 8. The molecule has 8 heteroatoms. The number of ether oxygens (including phenoxy) is 2. The van der Waals surface area contributed by atoms with E-state index in [-0.39, 0.29) is 23.4 Å². The number of hydrogen-bond acceptors (Lipinski definition) is 6. The number of allylic oxidation sites excluding steroid dienone is 1. The standard InChI is InChI=1S/C30H42N2O5Si/c1-8-35-27(33)26(32-28(34)37-29(2,3)4)25-20-19-22(31-25)21-36-38(30(5,6)7,23-15-11-9-12-16-23)24-17-13-10-14-18-24/h9-18,22,31H,8,19-21H2,1-7H3,(H,32,34)/b26-25+/t22-/m1/s1. The molecular weight excluding hydrogens is 496 g/mol. The lowest BCUT2D eigenvalue weighted by molar-refractivity contribution is -0.139. The van der Waals surface area contributed by atoms with Crippen LogP contribution in [-0.2, 0) is 18.7 Å². The lowest BCUT2D eigenvalue weighted by Crippen LogP contribution is -2.67. The van der Waals surface area contributed by atoms with Crippen LogP contribution in [0.4, 0.5) is 4.79 Å². The van der Waals surface area contributed by atoms with E-state index in [2.05, 4.69) is 79.9 Å². The Morgan fingerprint density at radius 2 is 1.50 bits per heavy atom. The smallest absolute Gasteiger partial charge is 0.412 e. The molecule has 38 heavy (non-hydrogen) atoms. The molecule has 1 atom stereocenters. The fourth-order valence-electron chi connectivity index (χ4n) is 4.88. The highest BCUT2D eigenvalue weighted by atomic mass is 28.4. The highest BCUT2D eigenvalue weighted by Gasteiger charge is 2.50. The number of benzene rings is 2. The third-order valence-corrected chi connectivity index (χ3v) is 11.5. The third-order valence-electron chi connectivity index (χ3n) is 6.45. The second-order valence-corrected chi connectivity index (χ2v) is 15.9. The molecule has 0 radical (unpaired) electrons. The van der Waals surface area contributed by atoms with Crippen LogP contribution >= 0.6 is 0 Å². The molecule has 0 aromatic heterocycles. The number of amides is 1. The summed E-state index contributed by atoms with van der Waals surface area (Å²) in [5.74, 6) is -0.589. The van der Waals surface area contributed by atoms with Crippen LogP contribution in [0.15, 0.2) is 72.1 Å². The van der Waals surface area contributed by atoms with Crippen molar-refractivity contribution in [3.05, 3.63) is 72.1 Å². The Bertz CT molecular complexity index is 1080. The summed E-state index contributed by atoms with van der Waals surface area (Å²) in [6.45, 7) is 14.5. The number of carbonyl (C=O) groups excluding carboxylic acids is 2. The average molecular weight is 539 g/mol. The van der Waals surface area contributed by atoms with Gasteiger partial charge in [0, 0.05) is 11.7 Å². The Kier molecular flexibility index (Phi) is 9.43. The van der Waals surface area contributed by atoms with E-state index in [0.29, 0.717) is 18.7 Å². The van der Waals surface area contributed by atoms with Crippen molar-refractivity contribution in [1.29, 1.82) is 0 Å². The minimum absolute atomic E-state index is 0.0310. The Balaban J connectivity index is 1.88. The van der Waals surface area contributed by atoms with Crippen LogP contribution in [0.25, 0.3) is 0 Å². The molecule has 1 amide bonds. The molecule has 0 spiro atoms. The van der Waals surface area contributed by atoms with Crippen molar-refractivity contribution in [2.24, 2.45) is 0 Å². The number of carbonyl (C=O) groups is 2. The van der Waals surface area contributed by atoms with Gasteiger partial charge in [-0.25, -0.2) is 9.59 Å². The monoisotopic (exact) mass is 538 g/mol.